The molecule has 2 heterocycles. The van der Waals surface area contributed by atoms with Crippen LogP contribution in [0.15, 0.2) is 60.8 Å². The topological polar surface area (TPSA) is 53.9 Å². The number of halogens is 2. The predicted molar refractivity (Wildman–Crippen MR) is 88.9 cm³/mol. The first-order chi connectivity index (χ1) is 12.1. The van der Waals surface area contributed by atoms with Gasteiger partial charge < -0.3 is 5.11 Å². The summed E-state index contributed by atoms with van der Waals surface area (Å²) in [6.07, 6.45) is 1.68. The van der Waals surface area contributed by atoms with Crippen LogP contribution in [-0.2, 0) is 0 Å². The molecule has 4 aromatic rings. The molecule has 0 bridgehead atoms. The summed E-state index contributed by atoms with van der Waals surface area (Å²) in [5.74, 6) is -2.73. The van der Waals surface area contributed by atoms with Crippen LogP contribution in [0.5, 0.6) is 5.75 Å². The maximum absolute atomic E-state index is 14.5. The molecule has 6 heteroatoms. The number of benzene rings is 2. The molecule has 2 aromatic heterocycles. The van der Waals surface area contributed by atoms with Gasteiger partial charge in [-0.3, -0.25) is 9.13 Å². The Morgan fingerprint density at radius 1 is 0.960 bits per heavy atom. The van der Waals surface area contributed by atoms with E-state index >= 15 is 0 Å². The highest BCUT2D eigenvalue weighted by Gasteiger charge is 2.20. The summed E-state index contributed by atoms with van der Waals surface area (Å²) in [5, 5.41) is 19.5. The lowest BCUT2D eigenvalue weighted by atomic mass is 10.2. The van der Waals surface area contributed by atoms with Gasteiger partial charge in [0.25, 0.3) is 0 Å². The molecule has 0 saturated heterocycles. The number of nitriles is 1. The Morgan fingerprint density at radius 3 is 2.56 bits per heavy atom. The molecule has 122 valence electrons. The number of aromatic nitrogens is 2. The van der Waals surface area contributed by atoms with Gasteiger partial charge in [-0.15, -0.1) is 0 Å². The third-order valence-corrected chi connectivity index (χ3v) is 4.08. The van der Waals surface area contributed by atoms with E-state index in [9.17, 15) is 19.1 Å². The van der Waals surface area contributed by atoms with Gasteiger partial charge in [0.2, 0.25) is 5.82 Å². The zero-order chi connectivity index (χ0) is 17.6. The van der Waals surface area contributed by atoms with Gasteiger partial charge in [0.05, 0.1) is 11.2 Å². The van der Waals surface area contributed by atoms with Crippen molar-refractivity contribution < 1.29 is 13.9 Å². The molecule has 4 nitrogen and oxygen atoms in total. The second-order valence-electron chi connectivity index (χ2n) is 5.50. The molecule has 0 fully saturated rings. The van der Waals surface area contributed by atoms with Crippen LogP contribution >= 0.6 is 0 Å². The highest BCUT2D eigenvalue weighted by atomic mass is 19.2. The van der Waals surface area contributed by atoms with E-state index in [1.807, 2.05) is 12.1 Å². The van der Waals surface area contributed by atoms with Crippen molar-refractivity contribution in [2.24, 2.45) is 0 Å². The summed E-state index contributed by atoms with van der Waals surface area (Å²) in [6.45, 7) is 0. The number of fused-ring (bicyclic) bond motifs is 1. The minimum atomic E-state index is -1.31. The third-order valence-electron chi connectivity index (χ3n) is 4.08. The Bertz CT molecular complexity index is 1150. The molecule has 2 aromatic carbocycles. The van der Waals surface area contributed by atoms with Crippen molar-refractivity contribution in [1.82, 2.24) is 9.13 Å². The second kappa shape index (κ2) is 5.49. The average molecular weight is 335 g/mol. The van der Waals surface area contributed by atoms with Gasteiger partial charge in [-0.1, -0.05) is 18.2 Å². The fourth-order valence-corrected chi connectivity index (χ4v) is 2.94. The number of hydrogen-bond acceptors (Lipinski definition) is 2. The summed E-state index contributed by atoms with van der Waals surface area (Å²) in [4.78, 5) is 0. The molecule has 0 spiro atoms. The lowest BCUT2D eigenvalue weighted by molar-refractivity contribution is 0.406. The Labute approximate surface area is 141 Å². The summed E-state index contributed by atoms with van der Waals surface area (Å²) >= 11 is 0. The van der Waals surface area contributed by atoms with Crippen molar-refractivity contribution in [3.63, 3.8) is 0 Å². The van der Waals surface area contributed by atoms with Gasteiger partial charge >= 0.3 is 0 Å². The first kappa shape index (κ1) is 15.0. The smallest absolute Gasteiger partial charge is 0.202 e. The van der Waals surface area contributed by atoms with E-state index in [2.05, 4.69) is 6.07 Å². The zero-order valence-electron chi connectivity index (χ0n) is 12.8. The maximum atomic E-state index is 14.5. The van der Waals surface area contributed by atoms with Crippen LogP contribution in [0, 0.1) is 23.0 Å². The van der Waals surface area contributed by atoms with Crippen molar-refractivity contribution in [2.75, 3.05) is 0 Å². The molecule has 0 radical (unpaired) electrons. The summed E-state index contributed by atoms with van der Waals surface area (Å²) in [7, 11) is 0. The summed E-state index contributed by atoms with van der Waals surface area (Å²) in [5.41, 5.74) is 0.965. The maximum Gasteiger partial charge on any atom is 0.202 e. The van der Waals surface area contributed by atoms with Crippen LogP contribution in [0.3, 0.4) is 0 Å². The van der Waals surface area contributed by atoms with E-state index in [0.717, 1.165) is 11.5 Å². The molecule has 0 aliphatic heterocycles. The summed E-state index contributed by atoms with van der Waals surface area (Å²) in [6, 6.07) is 16.9. The number of hydrogen-bond donors (Lipinski definition) is 1. The first-order valence-electron chi connectivity index (χ1n) is 7.47. The van der Waals surface area contributed by atoms with Gasteiger partial charge in [-0.2, -0.15) is 9.65 Å². The van der Waals surface area contributed by atoms with Crippen molar-refractivity contribution in [1.29, 1.82) is 5.26 Å². The number of para-hydroxylation sites is 1. The standard InChI is InChI=1S/C19H11F2N3O/c20-18-15(7-8-16(25)19(18)21)24-14-6-2-1-4-12(14)10-17(24)23-9-3-5-13(23)11-22/h1-10,25H. The van der Waals surface area contributed by atoms with Crippen LogP contribution in [0.4, 0.5) is 8.78 Å². The minimum absolute atomic E-state index is 0.0518. The van der Waals surface area contributed by atoms with Crippen molar-refractivity contribution in [2.45, 2.75) is 0 Å². The van der Waals surface area contributed by atoms with Gasteiger partial charge in [-0.05, 0) is 36.4 Å². The quantitative estimate of drug-likeness (QED) is 0.594. The molecule has 0 aliphatic rings. The number of phenolic OH excluding ortho intramolecular Hbond substituents is 1. The first-order valence-corrected chi connectivity index (χ1v) is 7.47. The van der Waals surface area contributed by atoms with Gasteiger partial charge in [0.15, 0.2) is 11.6 Å². The SMILES string of the molecule is N#Cc1cccn1-c1cc2ccccc2n1-c1ccc(O)c(F)c1F. The Balaban J connectivity index is 2.12. The molecule has 0 atom stereocenters. The highest BCUT2D eigenvalue weighted by molar-refractivity contribution is 5.85. The number of nitrogens with zero attached hydrogens (tertiary/aromatic N) is 3. The number of phenols is 1. The molecular weight excluding hydrogens is 324 g/mol. The van der Waals surface area contributed by atoms with Crippen LogP contribution in [0.2, 0.25) is 0 Å². The molecule has 0 saturated carbocycles. The van der Waals surface area contributed by atoms with Crippen molar-refractivity contribution in [3.8, 4) is 23.3 Å². The van der Waals surface area contributed by atoms with E-state index in [-0.39, 0.29) is 5.69 Å². The summed E-state index contributed by atoms with van der Waals surface area (Å²) < 4.78 is 31.6. The molecule has 0 unspecified atom stereocenters. The van der Waals surface area contributed by atoms with Gasteiger partial charge in [0, 0.05) is 11.6 Å². The van der Waals surface area contributed by atoms with Gasteiger partial charge in [0.1, 0.15) is 17.6 Å². The molecule has 0 amide bonds. The molecule has 0 aliphatic carbocycles. The highest BCUT2D eigenvalue weighted by Crippen LogP contribution is 2.31. The van der Waals surface area contributed by atoms with E-state index in [0.29, 0.717) is 17.0 Å². The molecule has 4 rings (SSSR count). The normalized spacial score (nSPS) is 10.9. The lowest BCUT2D eigenvalue weighted by Crippen LogP contribution is -2.07. The molecule has 25 heavy (non-hydrogen) atoms. The van der Waals surface area contributed by atoms with Crippen molar-refractivity contribution in [3.05, 3.63) is 78.1 Å². The number of rotatable bonds is 2. The minimum Gasteiger partial charge on any atom is -0.505 e. The van der Waals surface area contributed by atoms with E-state index in [1.54, 1.807) is 41.1 Å². The van der Waals surface area contributed by atoms with Gasteiger partial charge in [-0.25, -0.2) is 4.39 Å². The molecule has 1 N–H and O–H groups in total. The molecular formula is C19H11F2N3O. The Kier molecular flexibility index (Phi) is 3.29. The number of aromatic hydroxyl groups is 1. The van der Waals surface area contributed by atoms with Crippen LogP contribution in [0.1, 0.15) is 5.69 Å². The average Bonchev–Trinajstić information content (AvgIpc) is 3.24. The Morgan fingerprint density at radius 2 is 1.76 bits per heavy atom. The van der Waals surface area contributed by atoms with Crippen LogP contribution in [-0.4, -0.2) is 14.2 Å². The largest absolute Gasteiger partial charge is 0.505 e. The lowest BCUT2D eigenvalue weighted by Gasteiger charge is -2.14. The Hall–Kier alpha value is -3.59. The van der Waals surface area contributed by atoms with E-state index < -0.39 is 17.4 Å². The monoisotopic (exact) mass is 335 g/mol. The fraction of sp³-hybridized carbons (Fsp3) is 0. The van der Waals surface area contributed by atoms with Crippen LogP contribution in [0.25, 0.3) is 22.4 Å². The third kappa shape index (κ3) is 2.17. The predicted octanol–water partition coefficient (Wildman–Crippen LogP) is 4.28. The fourth-order valence-electron chi connectivity index (χ4n) is 2.94. The van der Waals surface area contributed by atoms with E-state index in [4.69, 9.17) is 0 Å². The second-order valence-corrected chi connectivity index (χ2v) is 5.50. The van der Waals surface area contributed by atoms with Crippen LogP contribution < -0.4 is 0 Å². The van der Waals surface area contributed by atoms with Crippen molar-refractivity contribution >= 4 is 10.9 Å². The van der Waals surface area contributed by atoms with E-state index in [1.165, 1.54) is 10.6 Å². The zero-order valence-corrected chi connectivity index (χ0v) is 12.8.